The van der Waals surface area contributed by atoms with E-state index in [1.807, 2.05) is 0 Å². The lowest BCUT2D eigenvalue weighted by atomic mass is 11.9. The van der Waals surface area contributed by atoms with E-state index < -0.39 is 283 Å². The highest BCUT2D eigenvalue weighted by Gasteiger charge is 2.52. The number of hydrogen-bond acceptors (Lipinski definition) is 44. The number of fused-ring (bicyclic) bond motifs is 2. The summed E-state index contributed by atoms with van der Waals surface area (Å²) in [7, 11) is -94.7. The normalized spacial score (nSPS) is 24.1. The summed E-state index contributed by atoms with van der Waals surface area (Å²) >= 11 is 0. The van der Waals surface area contributed by atoms with E-state index in [4.69, 9.17) is 169 Å². The molecular formula is C12H37O44Si30. The van der Waals surface area contributed by atoms with Gasteiger partial charge in [0.2, 0.25) is 9.04 Å². The minimum Gasteiger partial charge on any atom is -0.414 e. The van der Waals surface area contributed by atoms with Crippen LogP contribution in [0.25, 0.3) is 0 Å². The van der Waals surface area contributed by atoms with Crippen molar-refractivity contribution in [3.05, 3.63) is 32.7 Å². The van der Waals surface area contributed by atoms with Gasteiger partial charge in [0.25, 0.3) is 0 Å². The van der Waals surface area contributed by atoms with Crippen molar-refractivity contribution in [3.63, 3.8) is 0 Å². The molecule has 0 spiro atoms. The fourth-order valence-corrected chi connectivity index (χ4v) is 52.9. The van der Waals surface area contributed by atoms with Gasteiger partial charge in [-0.25, -0.2) is 0 Å². The predicted molar refractivity (Wildman–Crippen MR) is 295 cm³/mol. The van der Waals surface area contributed by atoms with Gasteiger partial charge in [-0.3, -0.25) is 0 Å². The van der Waals surface area contributed by atoms with Crippen molar-refractivity contribution < 1.29 is 189 Å². The summed E-state index contributed by atoms with van der Waals surface area (Å²) in [6, 6.07) is 0. The van der Waals surface area contributed by atoms with Crippen LogP contribution in [-0.2, 0) is 136 Å². The minimum atomic E-state index is -4.02. The van der Waals surface area contributed by atoms with E-state index in [1.54, 1.807) is 0 Å². The Morgan fingerprint density at radius 3 is 1.42 bits per heavy atom. The van der Waals surface area contributed by atoms with Crippen molar-refractivity contribution in [1.29, 1.82) is 0 Å². The molecule has 0 saturated carbocycles. The molecule has 0 aromatic rings. The highest BCUT2D eigenvalue weighted by Crippen LogP contribution is 2.18. The van der Waals surface area contributed by atoms with Crippen molar-refractivity contribution in [2.24, 2.45) is 0 Å². The van der Waals surface area contributed by atoms with Crippen molar-refractivity contribution >= 4 is 283 Å². The third-order valence-corrected chi connectivity index (χ3v) is 57.0. The van der Waals surface area contributed by atoms with E-state index in [-0.39, 0.29) is 0 Å². The Labute approximate surface area is 546 Å². The monoisotopic (exact) mass is 1720 g/mol. The predicted octanol–water partition coefficient (Wildman–Crippen LogP) is -14.7. The quantitative estimate of drug-likeness (QED) is 0.0448. The number of rotatable bonds is 22. The topological polar surface area (TPSA) is 527 Å². The van der Waals surface area contributed by atoms with Crippen LogP contribution in [0, 0.1) is 32.7 Å². The molecule has 469 valence electrons. The van der Waals surface area contributed by atoms with Gasteiger partial charge >= 0.3 is 274 Å². The third kappa shape index (κ3) is 37.6. The van der Waals surface area contributed by atoms with Crippen LogP contribution < -0.4 is 0 Å². The van der Waals surface area contributed by atoms with E-state index >= 15 is 0 Å². The first-order valence-corrected chi connectivity index (χ1v) is 62.6. The van der Waals surface area contributed by atoms with Crippen LogP contribution in [0.4, 0.5) is 0 Å². The van der Waals surface area contributed by atoms with Crippen molar-refractivity contribution in [1.82, 2.24) is 0 Å². The summed E-state index contributed by atoms with van der Waals surface area (Å²) in [5, 5.41) is 0. The second-order valence-electron chi connectivity index (χ2n) is 13.0. The van der Waals surface area contributed by atoms with Gasteiger partial charge in [0.05, 0.1) is 0 Å². The molecule has 4 heterocycles. The lowest BCUT2D eigenvalue weighted by Crippen LogP contribution is -2.57. The maximum absolute atomic E-state index is 11.4. The van der Waals surface area contributed by atoms with E-state index in [2.05, 4.69) is 0 Å². The Kier molecular flexibility index (Phi) is 43.2. The minimum absolute atomic E-state index is 0.907. The van der Waals surface area contributed by atoms with Gasteiger partial charge < -0.3 is 189 Å². The van der Waals surface area contributed by atoms with E-state index in [0.717, 1.165) is 0 Å². The van der Waals surface area contributed by atoms with Crippen LogP contribution in [0.2, 0.25) is 45.8 Å². The maximum Gasteiger partial charge on any atom is 0.563 e. The molecule has 4 fully saturated rings. The van der Waals surface area contributed by atoms with E-state index in [0.29, 0.717) is 0 Å². The highest BCUT2D eigenvalue weighted by atomic mass is 28.6. The lowest BCUT2D eigenvalue weighted by molar-refractivity contribution is 0.125. The van der Waals surface area contributed by atoms with E-state index in [1.165, 1.54) is 45.8 Å². The molecule has 4 aliphatic heterocycles. The Hall–Kier alpha value is 4.75. The third-order valence-electron chi connectivity index (χ3n) is 6.33. The fraction of sp³-hybridized carbons (Fsp3) is 0.583. The molecule has 0 amide bonds. The van der Waals surface area contributed by atoms with Crippen molar-refractivity contribution in [3.8, 4) is 0 Å². The van der Waals surface area contributed by atoms with E-state index in [9.17, 15) is 52.8 Å². The molecule has 0 unspecified atom stereocenters. The molecular weight excluding hydrogens is 1690 g/mol. The van der Waals surface area contributed by atoms with Crippen LogP contribution >= 0.6 is 0 Å². The van der Waals surface area contributed by atoms with Gasteiger partial charge in [-0.15, -0.1) is 0 Å². The average Bonchev–Trinajstić information content (AvgIpc) is 3.53. The first kappa shape index (κ1) is 83.2. The van der Waals surface area contributed by atoms with Crippen LogP contribution in [0.1, 0.15) is 0 Å². The maximum atomic E-state index is 11.4. The molecule has 0 aromatic carbocycles. The molecule has 74 heteroatoms. The van der Waals surface area contributed by atoms with Gasteiger partial charge in [0.1, 0.15) is 0 Å². The largest absolute Gasteiger partial charge is 0.563 e. The second kappa shape index (κ2) is 44.7. The molecule has 44 nitrogen and oxygen atoms in total. The van der Waals surface area contributed by atoms with Gasteiger partial charge in [-0.1, -0.05) is 0 Å². The summed E-state index contributed by atoms with van der Waals surface area (Å²) in [6.07, 6.45) is 0. The molecule has 0 aliphatic carbocycles. The average molecular weight is 1730 g/mol. The lowest BCUT2D eigenvalue weighted by Gasteiger charge is -2.30. The smallest absolute Gasteiger partial charge is 0.414 e. The summed E-state index contributed by atoms with van der Waals surface area (Å²) in [5.74, 6) is 0. The first-order valence-electron chi connectivity index (χ1n) is 20.9. The molecule has 41 radical (unpaired) electrons. The Morgan fingerprint density at radius 2 is 0.837 bits per heavy atom. The van der Waals surface area contributed by atoms with Crippen molar-refractivity contribution in [2.75, 3.05) is 0 Å². The second-order valence-corrected chi connectivity index (χ2v) is 59.1. The molecule has 11 N–H and O–H groups in total. The number of hydrogen-bond donors (Lipinski definition) is 11. The zero-order valence-electron chi connectivity index (χ0n) is 43.3. The molecule has 4 aliphatic rings. The van der Waals surface area contributed by atoms with Gasteiger partial charge in [-0.2, -0.15) is 0 Å². The zero-order chi connectivity index (χ0) is 63.8. The Morgan fingerprint density at radius 1 is 0.372 bits per heavy atom. The van der Waals surface area contributed by atoms with Gasteiger partial charge in [0.15, 0.2) is 0 Å². The first-order chi connectivity index (χ1) is 40.4. The van der Waals surface area contributed by atoms with Crippen LogP contribution in [0.5, 0.6) is 0 Å². The van der Waals surface area contributed by atoms with Gasteiger partial charge in [-0.05, 0) is 58.9 Å². The fourth-order valence-electron chi connectivity index (χ4n) is 3.92. The standard InChI is InChI=1S/C12H37O44Si30/c1-58(2)26-76-39-68(12)40-77(29-61(5)15)50-86(56-82(41-69(16)17)53-80(49-76)34-63(7)27-59(3)13)55-81-35-64(8)30-62(6)24-57-25-70(18)42-84(54-81)47-74(22)45-83-44-73(21)33-67(11)38-79-43-72(20)32-66(10)37-78(51-85(52-79)48-75(23)46-83)36-65(9)31-71(19)28-60(4)14/h1-3,7,11,13-23H,4-6,8-10,12H3. The Balaban J connectivity index is 1.66. The molecule has 4 rings (SSSR count). The SMILES string of the molecule is [CH][Si]([CH])O[Si]1O[Si](C)O[Si](O[Si](C)O)O[Si](O[Si]2O[Si](C)O[Si](C)O[Si]O[Si](O)O[Si](O[Si](O)O[Si]3O[Si](O)O[Si]([CH])O[Si]4O[Si](O)O[Si](C)O[Si](O[Si](C)O[Si](O)O[Si](C)O)O[Si](O[Si](O)O3)O4)O2)O[Si](O[Si](O)O)O[Si](O[Si]([CH])O[Si]([CH])O)O1. The van der Waals surface area contributed by atoms with Crippen LogP contribution in [-0.4, -0.2) is 336 Å². The summed E-state index contributed by atoms with van der Waals surface area (Å²) in [4.78, 5) is 115. The molecule has 86 heavy (non-hydrogen) atoms. The molecule has 4 saturated heterocycles. The van der Waals surface area contributed by atoms with Crippen molar-refractivity contribution in [2.45, 2.75) is 45.8 Å². The summed E-state index contributed by atoms with van der Waals surface area (Å²) in [5.41, 5.74) is 0. The van der Waals surface area contributed by atoms with Crippen LogP contribution in [0.15, 0.2) is 0 Å². The Bertz CT molecular complexity index is 1790. The highest BCUT2D eigenvalue weighted by molar-refractivity contribution is 6.79. The summed E-state index contributed by atoms with van der Waals surface area (Å²) < 4.78 is 185. The molecule has 0 atom stereocenters. The molecule has 2 bridgehead atoms. The zero-order valence-corrected chi connectivity index (χ0v) is 73.3. The summed E-state index contributed by atoms with van der Waals surface area (Å²) in [6.45, 7) is 38.5. The van der Waals surface area contributed by atoms with Crippen LogP contribution in [0.3, 0.4) is 0 Å². The molecule has 0 aromatic heterocycles. The van der Waals surface area contributed by atoms with Gasteiger partial charge in [0, 0.05) is 19.6 Å².